The van der Waals surface area contributed by atoms with Crippen molar-refractivity contribution in [1.82, 2.24) is 9.97 Å². The Morgan fingerprint density at radius 3 is 1.22 bits per heavy atom. The van der Waals surface area contributed by atoms with Gasteiger partial charge in [0.2, 0.25) is 0 Å². The summed E-state index contributed by atoms with van der Waals surface area (Å²) in [7, 11) is 0. The number of aliphatic hydroxyl groups excluding tert-OH is 2. The van der Waals surface area contributed by atoms with E-state index in [4.69, 9.17) is 40.9 Å². The fraction of sp³-hybridized carbons (Fsp3) is 0.286. The van der Waals surface area contributed by atoms with Crippen molar-refractivity contribution in [3.63, 3.8) is 0 Å². The molecule has 0 aromatic carbocycles. The van der Waals surface area contributed by atoms with Crippen molar-refractivity contribution in [1.29, 1.82) is 0 Å². The van der Waals surface area contributed by atoms with Crippen molar-refractivity contribution in [2.75, 3.05) is 13.2 Å². The molecule has 0 unspecified atom stereocenters. The maximum Gasteiger partial charge on any atom is 2.00 e. The third-order valence-corrected chi connectivity index (χ3v) is 2.19. The normalized spacial score (nSPS) is 8.07. The second-order valence-electron chi connectivity index (χ2n) is 4.04. The van der Waals surface area contributed by atoms with Gasteiger partial charge in [-0.2, -0.15) is 0 Å². The van der Waals surface area contributed by atoms with Gasteiger partial charge in [0, 0.05) is 49.8 Å². The number of hydrogen-bond donors (Lipinski definition) is 2. The molecule has 1 radical (unpaired) electrons. The average molecular weight is 429 g/mol. The molecule has 0 spiro atoms. The first-order valence-corrected chi connectivity index (χ1v) is 6.98. The number of aliphatic hydroxyl groups is 2. The second kappa shape index (κ2) is 21.2. The molecule has 0 fully saturated rings. The third-order valence-electron chi connectivity index (χ3n) is 2.19. The molecule has 151 valence electrons. The summed E-state index contributed by atoms with van der Waals surface area (Å²) in [6, 6.07) is 11.4. The van der Waals surface area contributed by atoms with Crippen LogP contribution in [0.5, 0.6) is 0 Å². The van der Waals surface area contributed by atoms with E-state index in [9.17, 15) is 0 Å². The van der Waals surface area contributed by atoms with E-state index in [1.54, 1.807) is 12.4 Å². The van der Waals surface area contributed by atoms with E-state index in [1.807, 2.05) is 36.4 Å². The van der Waals surface area contributed by atoms with Gasteiger partial charge in [0.05, 0.1) is 10.2 Å². The van der Waals surface area contributed by atoms with Crippen molar-refractivity contribution in [3.8, 4) is 0 Å². The van der Waals surface area contributed by atoms with E-state index < -0.39 is 10.2 Å². The van der Waals surface area contributed by atoms with Crippen LogP contribution in [-0.4, -0.2) is 43.6 Å². The van der Waals surface area contributed by atoms with Crippen LogP contribution in [0.2, 0.25) is 0 Å². The van der Waals surface area contributed by atoms with Gasteiger partial charge < -0.3 is 40.9 Å². The number of aromatic nitrogens is 2. The molecule has 0 saturated heterocycles. The fourth-order valence-corrected chi connectivity index (χ4v) is 1.32. The van der Waals surface area contributed by atoms with Crippen LogP contribution in [0.1, 0.15) is 11.4 Å². The van der Waals surface area contributed by atoms with Crippen LogP contribution in [0.25, 0.3) is 0 Å². The van der Waals surface area contributed by atoms with E-state index in [0.29, 0.717) is 12.8 Å². The Labute approximate surface area is 164 Å². The van der Waals surface area contributed by atoms with Crippen molar-refractivity contribution >= 4 is 0 Å². The molecule has 0 bridgehead atoms. The maximum atomic E-state index is 8.48. The van der Waals surface area contributed by atoms with Crippen LogP contribution < -0.4 is 0 Å². The van der Waals surface area contributed by atoms with Gasteiger partial charge in [-0.15, -0.1) is 0 Å². The van der Waals surface area contributed by atoms with Gasteiger partial charge in [-0.05, 0) is 24.3 Å². The molecule has 12 nitrogen and oxygen atoms in total. The zero-order valence-electron chi connectivity index (χ0n) is 13.9. The quantitative estimate of drug-likeness (QED) is 0.516. The fourth-order valence-electron chi connectivity index (χ4n) is 1.32. The monoisotopic (exact) mass is 429 g/mol. The van der Waals surface area contributed by atoms with Crippen LogP contribution in [0.15, 0.2) is 48.8 Å². The number of rotatable bonds is 4. The Balaban J connectivity index is -0.000000303. The molecule has 2 aromatic rings. The number of hydrogen-bond acceptors (Lipinski definition) is 10. The minimum absolute atomic E-state index is 0. The van der Waals surface area contributed by atoms with E-state index in [-0.39, 0.29) is 30.0 Å². The maximum absolute atomic E-state index is 8.48. The first-order valence-electron chi connectivity index (χ1n) is 6.98. The summed E-state index contributed by atoms with van der Waals surface area (Å²) >= 11 is 0. The Bertz CT molecular complexity index is 531. The molecular weight excluding hydrogens is 411 g/mol. The van der Waals surface area contributed by atoms with E-state index >= 15 is 0 Å². The molecule has 0 atom stereocenters. The van der Waals surface area contributed by atoms with Gasteiger partial charge in [0.25, 0.3) is 0 Å². The summed E-state index contributed by atoms with van der Waals surface area (Å²) in [5.74, 6) is 0. The van der Waals surface area contributed by atoms with Gasteiger partial charge >= 0.3 is 16.8 Å². The average Bonchev–Trinajstić information content (AvgIpc) is 2.57. The Morgan fingerprint density at radius 1 is 0.741 bits per heavy atom. The largest absolute Gasteiger partial charge is 2.00 e. The van der Waals surface area contributed by atoms with Gasteiger partial charge in [0.1, 0.15) is 0 Å². The number of pyridine rings is 2. The van der Waals surface area contributed by atoms with E-state index in [2.05, 4.69) is 9.97 Å². The van der Waals surface area contributed by atoms with Gasteiger partial charge in [-0.1, -0.05) is 12.1 Å². The first-order chi connectivity index (χ1) is 12.3. The predicted octanol–water partition coefficient (Wildman–Crippen LogP) is 0.752. The van der Waals surface area contributed by atoms with Crippen molar-refractivity contribution < 1.29 is 37.2 Å². The molecule has 2 rings (SSSR count). The van der Waals surface area contributed by atoms with Crippen LogP contribution >= 0.6 is 0 Å². The molecule has 0 amide bonds. The molecule has 2 aromatic heterocycles. The molecule has 0 aliphatic heterocycles. The minimum atomic E-state index is -1.75. The smallest absolute Gasteiger partial charge is 0.396 e. The van der Waals surface area contributed by atoms with Crippen molar-refractivity contribution in [2.24, 2.45) is 0 Å². The molecular formula is C14H18CoN4O8. The summed E-state index contributed by atoms with van der Waals surface area (Å²) in [5.41, 5.74) is 1.89. The topological polar surface area (TPSA) is 199 Å². The molecule has 0 aliphatic carbocycles. The SMILES string of the molecule is O=[N+]([O-])[O-].O=[N+]([O-])[O-].OCCc1ccccn1.OCCc1ccccn1.[Co+2]. The molecule has 27 heavy (non-hydrogen) atoms. The molecule has 2 heterocycles. The molecule has 2 N–H and O–H groups in total. The van der Waals surface area contributed by atoms with Crippen molar-refractivity contribution in [3.05, 3.63) is 90.8 Å². The minimum Gasteiger partial charge on any atom is -0.396 e. The molecule has 0 aliphatic rings. The second-order valence-corrected chi connectivity index (χ2v) is 4.04. The third kappa shape index (κ3) is 28.2. The summed E-state index contributed by atoms with van der Waals surface area (Å²) in [6.07, 6.45) is 4.76. The van der Waals surface area contributed by atoms with Gasteiger partial charge in [-0.25, -0.2) is 0 Å². The predicted molar refractivity (Wildman–Crippen MR) is 90.8 cm³/mol. The van der Waals surface area contributed by atoms with Gasteiger partial charge in [0.15, 0.2) is 0 Å². The summed E-state index contributed by atoms with van der Waals surface area (Å²) in [5, 5.41) is 46.5. The zero-order chi connectivity index (χ0) is 20.2. The zero-order valence-corrected chi connectivity index (χ0v) is 15.0. The summed E-state index contributed by atoms with van der Waals surface area (Å²) in [4.78, 5) is 24.5. The first kappa shape index (κ1) is 28.9. The molecule has 13 heteroatoms. The summed E-state index contributed by atoms with van der Waals surface area (Å²) < 4.78 is 0. The Hall–Kier alpha value is -2.87. The summed E-state index contributed by atoms with van der Waals surface area (Å²) in [6.45, 7) is 0.355. The van der Waals surface area contributed by atoms with E-state index in [0.717, 1.165) is 11.4 Å². The molecule has 0 saturated carbocycles. The Kier molecular flexibility index (Phi) is 22.7. The van der Waals surface area contributed by atoms with Crippen LogP contribution in [0.4, 0.5) is 0 Å². The van der Waals surface area contributed by atoms with E-state index in [1.165, 1.54) is 0 Å². The van der Waals surface area contributed by atoms with Crippen LogP contribution in [0, 0.1) is 30.6 Å². The standard InChI is InChI=1S/2C7H9NO.Co.2NO3/c2*9-6-4-7-3-1-2-5-8-7;;2*2-1(3)4/h2*1-3,5,9H,4,6H2;;;/q;;+2;2*-1. The Morgan fingerprint density at radius 2 is 1.04 bits per heavy atom. The van der Waals surface area contributed by atoms with Crippen molar-refractivity contribution in [2.45, 2.75) is 12.8 Å². The van der Waals surface area contributed by atoms with Gasteiger partial charge in [-0.3, -0.25) is 9.97 Å². The number of nitrogens with zero attached hydrogens (tertiary/aromatic N) is 4. The van der Waals surface area contributed by atoms with Crippen LogP contribution in [-0.2, 0) is 29.6 Å². The van der Waals surface area contributed by atoms with Crippen LogP contribution in [0.3, 0.4) is 0 Å².